The van der Waals surface area contributed by atoms with Gasteiger partial charge in [0.1, 0.15) is 0 Å². The van der Waals surface area contributed by atoms with Crippen LogP contribution in [-0.4, -0.2) is 11.7 Å². The fourth-order valence-electron chi connectivity index (χ4n) is 2.91. The molecule has 2 N–H and O–H groups in total. The Labute approximate surface area is 161 Å². The van der Waals surface area contributed by atoms with Crippen molar-refractivity contribution in [3.63, 3.8) is 0 Å². The molecule has 0 spiro atoms. The number of fused-ring (bicyclic) bond motifs is 1. The lowest BCUT2D eigenvalue weighted by molar-refractivity contribution is -0.137. The molecule has 3 aromatic carbocycles. The Morgan fingerprint density at radius 2 is 1.59 bits per heavy atom. The second-order valence-electron chi connectivity index (χ2n) is 6.20. The van der Waals surface area contributed by atoms with Crippen LogP contribution < -0.4 is 10.6 Å². The summed E-state index contributed by atoms with van der Waals surface area (Å²) in [6.07, 6.45) is -2.53. The van der Waals surface area contributed by atoms with Crippen molar-refractivity contribution in [1.82, 2.24) is 5.32 Å². The molecule has 0 radical (unpaired) electrons. The lowest BCUT2D eigenvalue weighted by Crippen LogP contribution is -2.29. The normalized spacial score (nSPS) is 11.4. The Hall–Kier alpha value is -2.60. The van der Waals surface area contributed by atoms with Crippen LogP contribution in [0.5, 0.6) is 0 Å². The van der Waals surface area contributed by atoms with Gasteiger partial charge in [0.2, 0.25) is 0 Å². The SMILES string of the molecule is FC(F)(F)c1ccc(NC(=S)NCCCc2cccc3ccccc23)cc1. The maximum absolute atomic E-state index is 12.6. The third kappa shape index (κ3) is 5.20. The van der Waals surface area contributed by atoms with Crippen molar-refractivity contribution >= 4 is 33.8 Å². The first-order valence-electron chi connectivity index (χ1n) is 8.62. The highest BCUT2D eigenvalue weighted by Crippen LogP contribution is 2.29. The quantitative estimate of drug-likeness (QED) is 0.428. The van der Waals surface area contributed by atoms with Crippen LogP contribution in [0.2, 0.25) is 0 Å². The van der Waals surface area contributed by atoms with E-state index in [1.54, 1.807) is 0 Å². The average molecular weight is 388 g/mol. The fourth-order valence-corrected chi connectivity index (χ4v) is 3.13. The predicted octanol–water partition coefficient (Wildman–Crippen LogP) is 5.78. The highest BCUT2D eigenvalue weighted by molar-refractivity contribution is 7.80. The standard InChI is InChI=1S/C21H19F3N2S/c22-21(23,24)17-10-12-18(13-11-17)26-20(27)25-14-4-8-16-7-3-6-15-5-1-2-9-19(15)16/h1-3,5-7,9-13H,4,8,14H2,(H2,25,26,27). The summed E-state index contributed by atoms with van der Waals surface area (Å²) in [5.41, 5.74) is 1.13. The first-order chi connectivity index (χ1) is 12.9. The summed E-state index contributed by atoms with van der Waals surface area (Å²) >= 11 is 5.20. The van der Waals surface area contributed by atoms with Crippen molar-refractivity contribution < 1.29 is 13.2 Å². The van der Waals surface area contributed by atoms with Crippen LogP contribution in [-0.2, 0) is 12.6 Å². The van der Waals surface area contributed by atoms with E-state index in [4.69, 9.17) is 12.2 Å². The zero-order chi connectivity index (χ0) is 19.3. The van der Waals surface area contributed by atoms with Crippen LogP contribution in [0.15, 0.2) is 66.7 Å². The smallest absolute Gasteiger partial charge is 0.362 e. The molecule has 0 saturated carbocycles. The molecule has 140 valence electrons. The van der Waals surface area contributed by atoms with Crippen molar-refractivity contribution in [2.24, 2.45) is 0 Å². The largest absolute Gasteiger partial charge is 0.416 e. The zero-order valence-electron chi connectivity index (χ0n) is 14.5. The molecule has 0 heterocycles. The van der Waals surface area contributed by atoms with E-state index >= 15 is 0 Å². The minimum absolute atomic E-state index is 0.396. The van der Waals surface area contributed by atoms with Crippen LogP contribution in [0.25, 0.3) is 10.8 Å². The van der Waals surface area contributed by atoms with Crippen molar-refractivity contribution in [3.8, 4) is 0 Å². The number of nitrogens with one attached hydrogen (secondary N) is 2. The summed E-state index contributed by atoms with van der Waals surface area (Å²) < 4.78 is 37.7. The minimum Gasteiger partial charge on any atom is -0.362 e. The van der Waals surface area contributed by atoms with E-state index in [0.29, 0.717) is 17.3 Å². The summed E-state index contributed by atoms with van der Waals surface area (Å²) in [5.74, 6) is 0. The van der Waals surface area contributed by atoms with Gasteiger partial charge < -0.3 is 10.6 Å². The Kier molecular flexibility index (Phi) is 5.96. The van der Waals surface area contributed by atoms with Crippen LogP contribution >= 0.6 is 12.2 Å². The average Bonchev–Trinajstić information content (AvgIpc) is 2.65. The number of rotatable bonds is 5. The molecular weight excluding hydrogens is 369 g/mol. The molecule has 0 amide bonds. The maximum Gasteiger partial charge on any atom is 0.416 e. The number of aryl methyl sites for hydroxylation is 1. The molecule has 0 bridgehead atoms. The molecule has 3 rings (SSSR count). The van der Waals surface area contributed by atoms with Gasteiger partial charge in [0, 0.05) is 12.2 Å². The Morgan fingerprint density at radius 1 is 0.889 bits per heavy atom. The molecular formula is C21H19F3N2S. The van der Waals surface area contributed by atoms with Gasteiger partial charge in [-0.3, -0.25) is 0 Å². The number of alkyl halides is 3. The van der Waals surface area contributed by atoms with Gasteiger partial charge in [0.15, 0.2) is 5.11 Å². The molecule has 0 unspecified atom stereocenters. The molecule has 0 saturated heterocycles. The lowest BCUT2D eigenvalue weighted by Gasteiger charge is -2.12. The Balaban J connectivity index is 1.47. The number of benzene rings is 3. The highest BCUT2D eigenvalue weighted by Gasteiger charge is 2.29. The van der Waals surface area contributed by atoms with E-state index in [0.717, 1.165) is 25.0 Å². The van der Waals surface area contributed by atoms with Gasteiger partial charge in [-0.15, -0.1) is 0 Å². The van der Waals surface area contributed by atoms with Crippen LogP contribution in [0.1, 0.15) is 17.5 Å². The molecule has 0 atom stereocenters. The molecule has 6 heteroatoms. The van der Waals surface area contributed by atoms with Gasteiger partial charge in [0.05, 0.1) is 5.56 Å². The van der Waals surface area contributed by atoms with Gasteiger partial charge in [0.25, 0.3) is 0 Å². The number of anilines is 1. The van der Waals surface area contributed by atoms with Crippen molar-refractivity contribution in [3.05, 3.63) is 77.9 Å². The molecule has 0 aliphatic rings. The highest BCUT2D eigenvalue weighted by atomic mass is 32.1. The number of thiocarbonyl (C=S) groups is 1. The van der Waals surface area contributed by atoms with Crippen molar-refractivity contribution in [2.75, 3.05) is 11.9 Å². The predicted molar refractivity (Wildman–Crippen MR) is 108 cm³/mol. The van der Waals surface area contributed by atoms with Crippen molar-refractivity contribution in [1.29, 1.82) is 0 Å². The third-order valence-corrected chi connectivity index (χ3v) is 4.50. The first-order valence-corrected chi connectivity index (χ1v) is 9.03. The van der Waals surface area contributed by atoms with Crippen LogP contribution in [0, 0.1) is 0 Å². The minimum atomic E-state index is -4.33. The molecule has 2 nitrogen and oxygen atoms in total. The van der Waals surface area contributed by atoms with Crippen LogP contribution in [0.4, 0.5) is 18.9 Å². The molecule has 0 aliphatic carbocycles. The Morgan fingerprint density at radius 3 is 2.33 bits per heavy atom. The lowest BCUT2D eigenvalue weighted by atomic mass is 10.0. The molecule has 3 aromatic rings. The zero-order valence-corrected chi connectivity index (χ0v) is 15.3. The van der Waals surface area contributed by atoms with Gasteiger partial charge in [-0.2, -0.15) is 13.2 Å². The summed E-state index contributed by atoms with van der Waals surface area (Å²) in [7, 11) is 0. The summed E-state index contributed by atoms with van der Waals surface area (Å²) in [4.78, 5) is 0. The molecule has 0 aliphatic heterocycles. The summed E-state index contributed by atoms with van der Waals surface area (Å²) in [6, 6.07) is 19.4. The van der Waals surface area contributed by atoms with Gasteiger partial charge in [-0.1, -0.05) is 42.5 Å². The monoisotopic (exact) mass is 388 g/mol. The van der Waals surface area contributed by atoms with E-state index in [9.17, 15) is 13.2 Å². The Bertz CT molecular complexity index is 915. The second-order valence-corrected chi connectivity index (χ2v) is 6.61. The number of hydrogen-bond donors (Lipinski definition) is 2. The molecule has 27 heavy (non-hydrogen) atoms. The summed E-state index contributed by atoms with van der Waals surface area (Å²) in [5, 5.41) is 8.87. The third-order valence-electron chi connectivity index (χ3n) is 4.26. The van der Waals surface area contributed by atoms with E-state index in [-0.39, 0.29) is 0 Å². The van der Waals surface area contributed by atoms with E-state index < -0.39 is 11.7 Å². The van der Waals surface area contributed by atoms with E-state index in [2.05, 4.69) is 41.0 Å². The fraction of sp³-hybridized carbons (Fsp3) is 0.190. The maximum atomic E-state index is 12.6. The van der Waals surface area contributed by atoms with E-state index in [1.807, 2.05) is 12.1 Å². The number of halogens is 3. The van der Waals surface area contributed by atoms with Crippen molar-refractivity contribution in [2.45, 2.75) is 19.0 Å². The van der Waals surface area contributed by atoms with Crippen LogP contribution in [0.3, 0.4) is 0 Å². The first kappa shape index (κ1) is 19.2. The van der Waals surface area contributed by atoms with Gasteiger partial charge >= 0.3 is 6.18 Å². The summed E-state index contributed by atoms with van der Waals surface area (Å²) in [6.45, 7) is 0.676. The molecule has 0 fully saturated rings. The van der Waals surface area contributed by atoms with Gasteiger partial charge in [-0.25, -0.2) is 0 Å². The van der Waals surface area contributed by atoms with E-state index in [1.165, 1.54) is 28.5 Å². The van der Waals surface area contributed by atoms with Gasteiger partial charge in [-0.05, 0) is 65.7 Å². The molecule has 0 aromatic heterocycles. The number of hydrogen-bond acceptors (Lipinski definition) is 1. The topological polar surface area (TPSA) is 24.1 Å². The second kappa shape index (κ2) is 8.39.